The Kier molecular flexibility index (Phi) is 4.16. The van der Waals surface area contributed by atoms with E-state index in [9.17, 15) is 4.79 Å². The number of anilines is 1. The summed E-state index contributed by atoms with van der Waals surface area (Å²) in [6.07, 6.45) is 1.50. The highest BCUT2D eigenvalue weighted by atomic mass is 32.2. The Balaban J connectivity index is 2.10. The Morgan fingerprint density at radius 3 is 2.89 bits per heavy atom. The van der Waals surface area contributed by atoms with Crippen LogP contribution in [0.15, 0.2) is 39.8 Å². The number of rotatable bonds is 4. The van der Waals surface area contributed by atoms with Crippen molar-refractivity contribution in [3.8, 4) is 0 Å². The van der Waals surface area contributed by atoms with Crippen LogP contribution in [0.1, 0.15) is 21.7 Å². The molecule has 0 amide bonds. The molecule has 19 heavy (non-hydrogen) atoms. The smallest absolute Gasteiger partial charge is 0.341 e. The lowest BCUT2D eigenvalue weighted by Gasteiger charge is -2.06. The first-order valence-electron chi connectivity index (χ1n) is 5.75. The molecule has 0 saturated carbocycles. The fraction of sp³-hybridized carbons (Fsp3) is 0.214. The third kappa shape index (κ3) is 3.12. The molecule has 2 N–H and O–H groups in total. The Labute approximate surface area is 115 Å². The first-order valence-corrected chi connectivity index (χ1v) is 6.74. The molecule has 0 aliphatic heterocycles. The van der Waals surface area contributed by atoms with E-state index in [2.05, 4.69) is 0 Å². The van der Waals surface area contributed by atoms with E-state index in [0.29, 0.717) is 17.1 Å². The first kappa shape index (κ1) is 13.5. The Hall–Kier alpha value is -1.88. The van der Waals surface area contributed by atoms with Gasteiger partial charge in [0.25, 0.3) is 0 Å². The van der Waals surface area contributed by atoms with Crippen LogP contribution < -0.4 is 5.73 Å². The average Bonchev–Trinajstić information content (AvgIpc) is 2.85. The second kappa shape index (κ2) is 5.84. The number of furan rings is 1. The molecule has 1 aromatic heterocycles. The van der Waals surface area contributed by atoms with Gasteiger partial charge in [0.05, 0.1) is 19.1 Å². The molecule has 0 aliphatic rings. The molecule has 0 fully saturated rings. The summed E-state index contributed by atoms with van der Waals surface area (Å²) in [6.45, 7) is 2.00. The number of carbonyl (C=O) groups excluding carboxylic acids is 1. The van der Waals surface area contributed by atoms with Gasteiger partial charge in [-0.15, -0.1) is 11.8 Å². The lowest BCUT2D eigenvalue weighted by molar-refractivity contribution is 0.0598. The first-order chi connectivity index (χ1) is 9.11. The number of esters is 1. The highest BCUT2D eigenvalue weighted by Gasteiger charge is 2.15. The van der Waals surface area contributed by atoms with Gasteiger partial charge in [0, 0.05) is 10.6 Å². The third-order valence-corrected chi connectivity index (χ3v) is 3.88. The van der Waals surface area contributed by atoms with Gasteiger partial charge in [-0.3, -0.25) is 0 Å². The molecule has 0 bridgehead atoms. The zero-order valence-electron chi connectivity index (χ0n) is 10.8. The number of aryl methyl sites for hydroxylation is 1. The molecule has 1 heterocycles. The number of thioether (sulfide) groups is 1. The molecule has 2 rings (SSSR count). The lowest BCUT2D eigenvalue weighted by atomic mass is 10.2. The summed E-state index contributed by atoms with van der Waals surface area (Å²) in [5.74, 6) is 0.814. The molecule has 100 valence electrons. The Morgan fingerprint density at radius 1 is 1.42 bits per heavy atom. The summed E-state index contributed by atoms with van der Waals surface area (Å²) >= 11 is 1.60. The topological polar surface area (TPSA) is 65.5 Å². The lowest BCUT2D eigenvalue weighted by Crippen LogP contribution is -2.02. The second-order valence-electron chi connectivity index (χ2n) is 4.06. The van der Waals surface area contributed by atoms with Crippen molar-refractivity contribution < 1.29 is 13.9 Å². The zero-order chi connectivity index (χ0) is 13.8. The summed E-state index contributed by atoms with van der Waals surface area (Å²) in [5, 5.41) is 0. The monoisotopic (exact) mass is 277 g/mol. The molecule has 0 unspecified atom stereocenters. The number of benzene rings is 1. The highest BCUT2D eigenvalue weighted by Crippen LogP contribution is 2.28. The van der Waals surface area contributed by atoms with E-state index < -0.39 is 0 Å². The van der Waals surface area contributed by atoms with Crippen LogP contribution in [0, 0.1) is 6.92 Å². The van der Waals surface area contributed by atoms with E-state index in [1.807, 2.05) is 25.1 Å². The minimum atomic E-state index is -0.377. The summed E-state index contributed by atoms with van der Waals surface area (Å²) in [6, 6.07) is 7.37. The Morgan fingerprint density at radius 2 is 2.21 bits per heavy atom. The van der Waals surface area contributed by atoms with Crippen molar-refractivity contribution in [2.75, 3.05) is 12.8 Å². The average molecular weight is 277 g/mol. The van der Waals surface area contributed by atoms with Crippen LogP contribution in [0.4, 0.5) is 5.69 Å². The van der Waals surface area contributed by atoms with E-state index >= 15 is 0 Å². The highest BCUT2D eigenvalue weighted by molar-refractivity contribution is 7.98. The van der Waals surface area contributed by atoms with Crippen LogP contribution >= 0.6 is 11.8 Å². The van der Waals surface area contributed by atoms with Crippen LogP contribution in [0.2, 0.25) is 0 Å². The third-order valence-electron chi connectivity index (χ3n) is 2.71. The van der Waals surface area contributed by atoms with Crippen molar-refractivity contribution in [1.82, 2.24) is 0 Å². The maximum Gasteiger partial charge on any atom is 0.341 e. The molecule has 4 nitrogen and oxygen atoms in total. The molecule has 0 atom stereocenters. The summed E-state index contributed by atoms with van der Waals surface area (Å²) in [4.78, 5) is 12.6. The predicted octanol–water partition coefficient (Wildman–Crippen LogP) is 3.25. The van der Waals surface area contributed by atoms with Crippen LogP contribution in [-0.2, 0) is 10.5 Å². The molecule has 0 radical (unpaired) electrons. The molecule has 5 heteroatoms. The standard InChI is InChI=1S/C14H15NO3S/c1-9-7-10(15)3-4-13(9)19-8-12-11(5-6-18-12)14(16)17-2/h3-7H,8,15H2,1-2H3. The van der Waals surface area contributed by atoms with E-state index in [0.717, 1.165) is 16.1 Å². The molecule has 0 aliphatic carbocycles. The van der Waals surface area contributed by atoms with E-state index in [1.165, 1.54) is 13.4 Å². The van der Waals surface area contributed by atoms with Gasteiger partial charge in [-0.2, -0.15) is 0 Å². The van der Waals surface area contributed by atoms with Crippen molar-refractivity contribution >= 4 is 23.4 Å². The van der Waals surface area contributed by atoms with Crippen molar-refractivity contribution in [2.24, 2.45) is 0 Å². The quantitative estimate of drug-likeness (QED) is 0.528. The number of methoxy groups -OCH3 is 1. The zero-order valence-corrected chi connectivity index (χ0v) is 11.6. The van der Waals surface area contributed by atoms with Crippen LogP contribution in [-0.4, -0.2) is 13.1 Å². The molecular formula is C14H15NO3S. The fourth-order valence-corrected chi connectivity index (χ4v) is 2.68. The van der Waals surface area contributed by atoms with Gasteiger partial charge in [-0.05, 0) is 36.8 Å². The van der Waals surface area contributed by atoms with Gasteiger partial charge in [0.15, 0.2) is 0 Å². The van der Waals surface area contributed by atoms with Crippen LogP contribution in [0.25, 0.3) is 0 Å². The SMILES string of the molecule is COC(=O)c1ccoc1CSc1ccc(N)cc1C. The number of hydrogen-bond acceptors (Lipinski definition) is 5. The summed E-state index contributed by atoms with van der Waals surface area (Å²) in [5.41, 5.74) is 8.04. The summed E-state index contributed by atoms with van der Waals surface area (Å²) in [7, 11) is 1.36. The largest absolute Gasteiger partial charge is 0.468 e. The van der Waals surface area contributed by atoms with Crippen molar-refractivity contribution in [1.29, 1.82) is 0 Å². The number of nitrogen functional groups attached to an aromatic ring is 1. The Bertz CT molecular complexity index is 592. The molecule has 0 spiro atoms. The van der Waals surface area contributed by atoms with Gasteiger partial charge < -0.3 is 14.9 Å². The minimum absolute atomic E-state index is 0.377. The maximum atomic E-state index is 11.5. The van der Waals surface area contributed by atoms with Gasteiger partial charge in [0.1, 0.15) is 11.3 Å². The number of nitrogens with two attached hydrogens (primary N) is 1. The molecule has 1 aromatic carbocycles. The van der Waals surface area contributed by atoms with Crippen LogP contribution in [0.5, 0.6) is 0 Å². The maximum absolute atomic E-state index is 11.5. The minimum Gasteiger partial charge on any atom is -0.468 e. The van der Waals surface area contributed by atoms with E-state index in [4.69, 9.17) is 14.9 Å². The molecule has 0 saturated heterocycles. The van der Waals surface area contributed by atoms with Crippen molar-refractivity contribution in [3.05, 3.63) is 47.4 Å². The van der Waals surface area contributed by atoms with E-state index in [1.54, 1.807) is 17.8 Å². The van der Waals surface area contributed by atoms with Crippen molar-refractivity contribution in [2.45, 2.75) is 17.6 Å². The van der Waals surface area contributed by atoms with Gasteiger partial charge >= 0.3 is 5.97 Å². The van der Waals surface area contributed by atoms with Gasteiger partial charge in [-0.25, -0.2) is 4.79 Å². The number of ether oxygens (including phenoxy) is 1. The van der Waals surface area contributed by atoms with Gasteiger partial charge in [-0.1, -0.05) is 0 Å². The number of hydrogen-bond donors (Lipinski definition) is 1. The summed E-state index contributed by atoms with van der Waals surface area (Å²) < 4.78 is 10.0. The molecule has 2 aromatic rings. The molecular weight excluding hydrogens is 262 g/mol. The normalized spacial score (nSPS) is 10.4. The fourth-order valence-electron chi connectivity index (χ4n) is 1.72. The van der Waals surface area contributed by atoms with E-state index in [-0.39, 0.29) is 5.97 Å². The van der Waals surface area contributed by atoms with Crippen molar-refractivity contribution in [3.63, 3.8) is 0 Å². The van der Waals surface area contributed by atoms with Gasteiger partial charge in [0.2, 0.25) is 0 Å². The second-order valence-corrected chi connectivity index (χ2v) is 5.08. The van der Waals surface area contributed by atoms with Crippen LogP contribution in [0.3, 0.4) is 0 Å². The number of carbonyl (C=O) groups is 1. The predicted molar refractivity (Wildman–Crippen MR) is 75.2 cm³/mol.